The van der Waals surface area contributed by atoms with Gasteiger partial charge >= 0.3 is 0 Å². The average Bonchev–Trinajstić information content (AvgIpc) is 2.64. The molecule has 2 aromatic carbocycles. The molecule has 0 aromatic heterocycles. The molecule has 5 heteroatoms. The Bertz CT molecular complexity index is 754. The van der Waals surface area contributed by atoms with Crippen molar-refractivity contribution >= 4 is 12.0 Å². The Morgan fingerprint density at radius 3 is 2.64 bits per heavy atom. The lowest BCUT2D eigenvalue weighted by Crippen LogP contribution is -2.20. The quantitative estimate of drug-likeness (QED) is 0.588. The molecular weight excluding hydrogens is 321 g/mol. The number of carbonyl (C=O) groups is 1. The Kier molecular flexibility index (Phi) is 6.77. The number of hydrogen-bond donors (Lipinski definition) is 1. The highest BCUT2D eigenvalue weighted by Crippen LogP contribution is 2.28. The molecule has 1 amide bonds. The van der Waals surface area contributed by atoms with Gasteiger partial charge in [-0.25, -0.2) is 4.39 Å². The first-order chi connectivity index (χ1) is 12.1. The Morgan fingerprint density at radius 1 is 1.20 bits per heavy atom. The van der Waals surface area contributed by atoms with Crippen LogP contribution in [0.5, 0.6) is 11.5 Å². The van der Waals surface area contributed by atoms with Gasteiger partial charge in [-0.05, 0) is 41.5 Å². The van der Waals surface area contributed by atoms with E-state index in [0.29, 0.717) is 24.7 Å². The maximum Gasteiger partial charge on any atom is 0.244 e. The number of amides is 1. The van der Waals surface area contributed by atoms with E-state index in [1.807, 2.05) is 6.07 Å². The van der Waals surface area contributed by atoms with Crippen LogP contribution in [0.4, 0.5) is 4.39 Å². The van der Waals surface area contributed by atoms with Crippen LogP contribution in [-0.4, -0.2) is 19.6 Å². The second-order valence-corrected chi connectivity index (χ2v) is 5.19. The minimum absolute atomic E-state index is 0.240. The smallest absolute Gasteiger partial charge is 0.244 e. The van der Waals surface area contributed by atoms with E-state index < -0.39 is 0 Å². The zero-order chi connectivity index (χ0) is 18.1. The molecule has 0 bridgehead atoms. The Labute approximate surface area is 146 Å². The van der Waals surface area contributed by atoms with Crippen molar-refractivity contribution in [1.29, 1.82) is 0 Å². The molecule has 0 aliphatic heterocycles. The lowest BCUT2D eigenvalue weighted by molar-refractivity contribution is -0.116. The first-order valence-electron chi connectivity index (χ1n) is 7.74. The van der Waals surface area contributed by atoms with Gasteiger partial charge in [-0.15, -0.1) is 0 Å². The van der Waals surface area contributed by atoms with Crippen LogP contribution in [0.15, 0.2) is 61.2 Å². The molecule has 4 nitrogen and oxygen atoms in total. The van der Waals surface area contributed by atoms with Crippen LogP contribution in [0, 0.1) is 5.82 Å². The van der Waals surface area contributed by atoms with E-state index in [-0.39, 0.29) is 11.7 Å². The standard InChI is InChI=1S/C20H20FNO3/c1-3-12-25-18-10-6-15(13-19(18)24-2)7-11-20(23)22-14-16-4-8-17(21)9-5-16/h3-11,13H,1,12,14H2,2H3,(H,22,23)/b11-7+. The number of hydrogen-bond acceptors (Lipinski definition) is 3. The topological polar surface area (TPSA) is 47.6 Å². The van der Waals surface area contributed by atoms with Crippen LogP contribution in [0.2, 0.25) is 0 Å². The zero-order valence-electron chi connectivity index (χ0n) is 14.0. The lowest BCUT2D eigenvalue weighted by Gasteiger charge is -2.09. The van der Waals surface area contributed by atoms with Crippen molar-refractivity contribution in [2.24, 2.45) is 0 Å². The second kappa shape index (κ2) is 9.27. The van der Waals surface area contributed by atoms with Crippen LogP contribution in [0.1, 0.15) is 11.1 Å². The highest BCUT2D eigenvalue weighted by atomic mass is 19.1. The van der Waals surface area contributed by atoms with Crippen LogP contribution in [0.3, 0.4) is 0 Å². The fourth-order valence-electron chi connectivity index (χ4n) is 2.08. The lowest BCUT2D eigenvalue weighted by atomic mass is 10.2. The number of ether oxygens (including phenoxy) is 2. The number of methoxy groups -OCH3 is 1. The number of halogens is 1. The molecule has 0 aliphatic rings. The molecule has 0 saturated heterocycles. The summed E-state index contributed by atoms with van der Waals surface area (Å²) in [4.78, 5) is 11.9. The van der Waals surface area contributed by atoms with Gasteiger partial charge in [0.05, 0.1) is 7.11 Å². The molecular formula is C20H20FNO3. The molecule has 2 rings (SSSR count). The molecule has 0 spiro atoms. The van der Waals surface area contributed by atoms with Crippen molar-refractivity contribution in [2.45, 2.75) is 6.54 Å². The first-order valence-corrected chi connectivity index (χ1v) is 7.74. The van der Waals surface area contributed by atoms with Gasteiger partial charge in [0.1, 0.15) is 12.4 Å². The molecule has 25 heavy (non-hydrogen) atoms. The third kappa shape index (κ3) is 5.80. The molecule has 0 heterocycles. The van der Waals surface area contributed by atoms with E-state index in [4.69, 9.17) is 9.47 Å². The van der Waals surface area contributed by atoms with E-state index in [2.05, 4.69) is 11.9 Å². The third-order valence-electron chi connectivity index (χ3n) is 3.35. The van der Waals surface area contributed by atoms with Crippen LogP contribution in [-0.2, 0) is 11.3 Å². The Hall–Kier alpha value is -3.08. The normalized spacial score (nSPS) is 10.5. The predicted molar refractivity (Wildman–Crippen MR) is 96.0 cm³/mol. The predicted octanol–water partition coefficient (Wildman–Crippen LogP) is 3.73. The third-order valence-corrected chi connectivity index (χ3v) is 3.35. The van der Waals surface area contributed by atoms with Crippen LogP contribution < -0.4 is 14.8 Å². The fourth-order valence-corrected chi connectivity index (χ4v) is 2.08. The maximum absolute atomic E-state index is 12.8. The first kappa shape index (κ1) is 18.3. The SMILES string of the molecule is C=CCOc1ccc(/C=C/C(=O)NCc2ccc(F)cc2)cc1OC. The van der Waals surface area contributed by atoms with Gasteiger partial charge in [-0.3, -0.25) is 4.79 Å². The van der Waals surface area contributed by atoms with Crippen molar-refractivity contribution in [1.82, 2.24) is 5.32 Å². The van der Waals surface area contributed by atoms with E-state index in [9.17, 15) is 9.18 Å². The van der Waals surface area contributed by atoms with Gasteiger partial charge in [-0.1, -0.05) is 30.9 Å². The molecule has 0 aliphatic carbocycles. The monoisotopic (exact) mass is 341 g/mol. The number of carbonyl (C=O) groups excluding carboxylic acids is 1. The van der Waals surface area contributed by atoms with Gasteiger partial charge in [-0.2, -0.15) is 0 Å². The summed E-state index contributed by atoms with van der Waals surface area (Å²) in [7, 11) is 1.55. The van der Waals surface area contributed by atoms with Gasteiger partial charge in [0.25, 0.3) is 0 Å². The summed E-state index contributed by atoms with van der Waals surface area (Å²) in [5.41, 5.74) is 1.63. The second-order valence-electron chi connectivity index (χ2n) is 5.19. The van der Waals surface area contributed by atoms with Crippen molar-refractivity contribution in [2.75, 3.05) is 13.7 Å². The fraction of sp³-hybridized carbons (Fsp3) is 0.150. The van der Waals surface area contributed by atoms with E-state index >= 15 is 0 Å². The summed E-state index contributed by atoms with van der Waals surface area (Å²) >= 11 is 0. The largest absolute Gasteiger partial charge is 0.493 e. The van der Waals surface area contributed by atoms with Crippen molar-refractivity contribution in [3.05, 3.63) is 78.1 Å². The van der Waals surface area contributed by atoms with Gasteiger partial charge in [0.15, 0.2) is 11.5 Å². The van der Waals surface area contributed by atoms with E-state index in [1.54, 1.807) is 43.5 Å². The molecule has 0 fully saturated rings. The average molecular weight is 341 g/mol. The highest BCUT2D eigenvalue weighted by molar-refractivity contribution is 5.91. The number of nitrogens with one attached hydrogen (secondary N) is 1. The van der Waals surface area contributed by atoms with Crippen molar-refractivity contribution < 1.29 is 18.7 Å². The van der Waals surface area contributed by atoms with Crippen molar-refractivity contribution in [3.8, 4) is 11.5 Å². The molecule has 0 atom stereocenters. The van der Waals surface area contributed by atoms with Crippen LogP contribution >= 0.6 is 0 Å². The van der Waals surface area contributed by atoms with Gasteiger partial charge < -0.3 is 14.8 Å². The maximum atomic E-state index is 12.8. The van der Waals surface area contributed by atoms with Gasteiger partial charge in [0.2, 0.25) is 5.91 Å². The van der Waals surface area contributed by atoms with Crippen molar-refractivity contribution in [3.63, 3.8) is 0 Å². The molecule has 0 saturated carbocycles. The summed E-state index contributed by atoms with van der Waals surface area (Å²) in [6.45, 7) is 4.32. The minimum Gasteiger partial charge on any atom is -0.493 e. The molecule has 0 unspecified atom stereocenters. The highest BCUT2D eigenvalue weighted by Gasteiger charge is 2.04. The summed E-state index contributed by atoms with van der Waals surface area (Å²) in [5.74, 6) is 0.649. The van der Waals surface area contributed by atoms with Gasteiger partial charge in [0, 0.05) is 12.6 Å². The van der Waals surface area contributed by atoms with E-state index in [1.165, 1.54) is 18.2 Å². The summed E-state index contributed by atoms with van der Waals surface area (Å²) in [6, 6.07) is 11.4. The molecule has 1 N–H and O–H groups in total. The van der Waals surface area contributed by atoms with Crippen LogP contribution in [0.25, 0.3) is 6.08 Å². The number of rotatable bonds is 8. The minimum atomic E-state index is -0.301. The van der Waals surface area contributed by atoms with E-state index in [0.717, 1.165) is 11.1 Å². The molecule has 2 aromatic rings. The number of benzene rings is 2. The molecule has 130 valence electrons. The summed E-state index contributed by atoms with van der Waals surface area (Å²) in [6.07, 6.45) is 4.76. The summed E-state index contributed by atoms with van der Waals surface area (Å²) < 4.78 is 23.6. The molecule has 0 radical (unpaired) electrons. The summed E-state index contributed by atoms with van der Waals surface area (Å²) in [5, 5.41) is 2.74. The zero-order valence-corrected chi connectivity index (χ0v) is 14.0. The Morgan fingerprint density at radius 2 is 1.96 bits per heavy atom. The Balaban J connectivity index is 1.94.